The number of urea groups is 1. The fourth-order valence-electron chi connectivity index (χ4n) is 3.57. The highest BCUT2D eigenvalue weighted by Crippen LogP contribution is 2.27. The van der Waals surface area contributed by atoms with E-state index < -0.39 is 11.6 Å². The number of carbonyl (C=O) groups excluding carboxylic acids is 2. The van der Waals surface area contributed by atoms with E-state index in [1.165, 1.54) is 6.07 Å². The molecule has 2 aromatic rings. The molecule has 0 radical (unpaired) electrons. The Kier molecular flexibility index (Phi) is 6.80. The second-order valence-corrected chi connectivity index (χ2v) is 7.16. The normalized spacial score (nSPS) is 16.4. The van der Waals surface area contributed by atoms with Gasteiger partial charge in [-0.2, -0.15) is 0 Å². The Morgan fingerprint density at radius 1 is 1.14 bits per heavy atom. The van der Waals surface area contributed by atoms with Gasteiger partial charge in [-0.25, -0.2) is 13.6 Å². The molecule has 0 bridgehead atoms. The van der Waals surface area contributed by atoms with Crippen LogP contribution >= 0.6 is 0 Å². The Morgan fingerprint density at radius 3 is 2.72 bits per heavy atom. The molecule has 0 saturated carbocycles. The molecule has 1 aliphatic rings. The lowest BCUT2D eigenvalue weighted by Crippen LogP contribution is -2.44. The van der Waals surface area contributed by atoms with Crippen molar-refractivity contribution < 1.29 is 18.4 Å². The number of rotatable bonds is 5. The van der Waals surface area contributed by atoms with Crippen LogP contribution in [0.1, 0.15) is 47.2 Å². The van der Waals surface area contributed by atoms with E-state index in [-0.39, 0.29) is 30.0 Å². The molecular formula is C22H25F2N3O2. The van der Waals surface area contributed by atoms with Gasteiger partial charge in [0.05, 0.1) is 0 Å². The van der Waals surface area contributed by atoms with Crippen molar-refractivity contribution in [3.63, 3.8) is 0 Å². The first-order valence-electron chi connectivity index (χ1n) is 9.82. The van der Waals surface area contributed by atoms with E-state index in [1.54, 1.807) is 6.07 Å². The predicted octanol–water partition coefficient (Wildman–Crippen LogP) is 3.80. The van der Waals surface area contributed by atoms with E-state index in [1.807, 2.05) is 30.0 Å². The van der Waals surface area contributed by atoms with Crippen molar-refractivity contribution in [3.05, 3.63) is 70.8 Å². The van der Waals surface area contributed by atoms with Gasteiger partial charge in [-0.3, -0.25) is 4.79 Å². The van der Waals surface area contributed by atoms with Crippen LogP contribution < -0.4 is 10.6 Å². The van der Waals surface area contributed by atoms with Crippen LogP contribution in [0.4, 0.5) is 13.6 Å². The lowest BCUT2D eigenvalue weighted by Gasteiger charge is -2.33. The zero-order valence-electron chi connectivity index (χ0n) is 16.4. The summed E-state index contributed by atoms with van der Waals surface area (Å²) in [5.41, 5.74) is 1.69. The number of halogens is 2. The summed E-state index contributed by atoms with van der Waals surface area (Å²) in [6, 6.07) is 10.5. The second-order valence-electron chi connectivity index (χ2n) is 7.16. The standard InChI is InChI=1S/C22H25F2N3O2/c1-2-25-22(29)27-10-4-7-18(14-27)15-5-3-6-16(11-15)21(28)26-13-17-8-9-19(23)12-20(17)24/h3,5-6,8-9,11-12,18H,2,4,7,10,13-14H2,1H3,(H,25,29)(H,26,28)/t18-/m0/s1. The van der Waals surface area contributed by atoms with Crippen LogP contribution in [0, 0.1) is 11.6 Å². The van der Waals surface area contributed by atoms with Gasteiger partial charge in [-0.05, 0) is 43.5 Å². The van der Waals surface area contributed by atoms with E-state index in [4.69, 9.17) is 0 Å². The Morgan fingerprint density at radius 2 is 1.97 bits per heavy atom. The van der Waals surface area contributed by atoms with Crippen molar-refractivity contribution in [1.29, 1.82) is 0 Å². The molecule has 3 amide bonds. The highest BCUT2D eigenvalue weighted by atomic mass is 19.1. The molecule has 1 heterocycles. The number of likely N-dealkylation sites (tertiary alicyclic amines) is 1. The minimum atomic E-state index is -0.688. The summed E-state index contributed by atoms with van der Waals surface area (Å²) >= 11 is 0. The third-order valence-corrected chi connectivity index (χ3v) is 5.11. The van der Waals surface area contributed by atoms with Gasteiger partial charge in [0.15, 0.2) is 0 Å². The average molecular weight is 401 g/mol. The Bertz CT molecular complexity index is 888. The smallest absolute Gasteiger partial charge is 0.317 e. The van der Waals surface area contributed by atoms with E-state index in [0.29, 0.717) is 18.7 Å². The molecule has 1 aliphatic heterocycles. The molecule has 0 aromatic heterocycles. The van der Waals surface area contributed by atoms with Crippen LogP contribution in [0.5, 0.6) is 0 Å². The van der Waals surface area contributed by atoms with Crippen molar-refractivity contribution in [2.24, 2.45) is 0 Å². The Balaban J connectivity index is 1.65. The van der Waals surface area contributed by atoms with Gasteiger partial charge in [0.2, 0.25) is 0 Å². The molecule has 5 nitrogen and oxygen atoms in total. The molecule has 0 spiro atoms. The second kappa shape index (κ2) is 9.49. The first kappa shape index (κ1) is 20.8. The average Bonchev–Trinajstić information content (AvgIpc) is 2.73. The SMILES string of the molecule is CCNC(=O)N1CCC[C@H](c2cccc(C(=O)NCc3ccc(F)cc3F)c2)C1. The van der Waals surface area contributed by atoms with Gasteiger partial charge < -0.3 is 15.5 Å². The maximum absolute atomic E-state index is 13.7. The topological polar surface area (TPSA) is 61.4 Å². The van der Waals surface area contributed by atoms with Gasteiger partial charge in [-0.1, -0.05) is 18.2 Å². The summed E-state index contributed by atoms with van der Waals surface area (Å²) in [7, 11) is 0. The summed E-state index contributed by atoms with van der Waals surface area (Å²) in [6.07, 6.45) is 1.85. The van der Waals surface area contributed by atoms with Gasteiger partial charge in [0.1, 0.15) is 11.6 Å². The Labute approximate surface area is 169 Å². The molecule has 29 heavy (non-hydrogen) atoms. The number of benzene rings is 2. The first-order chi connectivity index (χ1) is 14.0. The zero-order chi connectivity index (χ0) is 20.8. The number of nitrogens with zero attached hydrogens (tertiary/aromatic N) is 1. The van der Waals surface area contributed by atoms with Crippen molar-refractivity contribution in [2.75, 3.05) is 19.6 Å². The third kappa shape index (κ3) is 5.31. The van der Waals surface area contributed by atoms with Crippen LogP contribution in [-0.2, 0) is 6.54 Å². The summed E-state index contributed by atoms with van der Waals surface area (Å²) in [4.78, 5) is 26.4. The van der Waals surface area contributed by atoms with Crippen molar-refractivity contribution in [1.82, 2.24) is 15.5 Å². The molecular weight excluding hydrogens is 376 g/mol. The van der Waals surface area contributed by atoms with Crippen molar-refractivity contribution in [3.8, 4) is 0 Å². The minimum absolute atomic E-state index is 0.0242. The number of hydrogen-bond acceptors (Lipinski definition) is 2. The quantitative estimate of drug-likeness (QED) is 0.801. The van der Waals surface area contributed by atoms with Gasteiger partial charge >= 0.3 is 6.03 Å². The molecule has 1 atom stereocenters. The number of piperidine rings is 1. The van der Waals surface area contributed by atoms with E-state index in [0.717, 1.165) is 37.1 Å². The molecule has 3 rings (SSSR count). The molecule has 2 aromatic carbocycles. The number of carbonyl (C=O) groups is 2. The largest absolute Gasteiger partial charge is 0.348 e. The van der Waals surface area contributed by atoms with Crippen molar-refractivity contribution in [2.45, 2.75) is 32.2 Å². The molecule has 2 N–H and O–H groups in total. The predicted molar refractivity (Wildman–Crippen MR) is 107 cm³/mol. The van der Waals surface area contributed by atoms with Crippen LogP contribution in [0.25, 0.3) is 0 Å². The zero-order valence-corrected chi connectivity index (χ0v) is 16.4. The van der Waals surface area contributed by atoms with Crippen LogP contribution in [0.2, 0.25) is 0 Å². The van der Waals surface area contributed by atoms with Crippen LogP contribution in [0.3, 0.4) is 0 Å². The van der Waals surface area contributed by atoms with E-state index >= 15 is 0 Å². The number of amides is 3. The van der Waals surface area contributed by atoms with Crippen LogP contribution in [0.15, 0.2) is 42.5 Å². The van der Waals surface area contributed by atoms with Crippen molar-refractivity contribution >= 4 is 11.9 Å². The first-order valence-corrected chi connectivity index (χ1v) is 9.82. The Hall–Kier alpha value is -2.96. The number of nitrogens with one attached hydrogen (secondary N) is 2. The van der Waals surface area contributed by atoms with E-state index in [2.05, 4.69) is 10.6 Å². The van der Waals surface area contributed by atoms with Gasteiger partial charge in [0.25, 0.3) is 5.91 Å². The molecule has 0 unspecified atom stereocenters. The lowest BCUT2D eigenvalue weighted by molar-refractivity contribution is 0.0950. The molecule has 1 saturated heterocycles. The monoisotopic (exact) mass is 401 g/mol. The summed E-state index contributed by atoms with van der Waals surface area (Å²) in [5.74, 6) is -1.51. The molecule has 0 aliphatic carbocycles. The molecule has 7 heteroatoms. The van der Waals surface area contributed by atoms with E-state index in [9.17, 15) is 18.4 Å². The molecule has 154 valence electrons. The van der Waals surface area contributed by atoms with Gasteiger partial charge in [-0.15, -0.1) is 0 Å². The minimum Gasteiger partial charge on any atom is -0.348 e. The van der Waals surface area contributed by atoms with Gasteiger partial charge in [0, 0.05) is 49.3 Å². The summed E-state index contributed by atoms with van der Waals surface area (Å²) < 4.78 is 26.7. The molecule has 1 fully saturated rings. The lowest BCUT2D eigenvalue weighted by atomic mass is 9.89. The maximum Gasteiger partial charge on any atom is 0.317 e. The highest BCUT2D eigenvalue weighted by Gasteiger charge is 2.25. The fraction of sp³-hybridized carbons (Fsp3) is 0.364. The van der Waals surface area contributed by atoms with Crippen LogP contribution in [-0.4, -0.2) is 36.5 Å². The summed E-state index contributed by atoms with van der Waals surface area (Å²) in [5, 5.41) is 5.50. The third-order valence-electron chi connectivity index (χ3n) is 5.11. The maximum atomic E-state index is 13.7. The summed E-state index contributed by atoms with van der Waals surface area (Å²) in [6.45, 7) is 3.79. The number of hydrogen-bond donors (Lipinski definition) is 2. The highest BCUT2D eigenvalue weighted by molar-refractivity contribution is 5.94. The fourth-order valence-corrected chi connectivity index (χ4v) is 3.57.